The summed E-state index contributed by atoms with van der Waals surface area (Å²) >= 11 is 0. The number of hydrogen-bond acceptors (Lipinski definition) is 3. The number of anilines is 3. The quantitative estimate of drug-likeness (QED) is 0.766. The number of methoxy groups -OCH3 is 1. The van der Waals surface area contributed by atoms with Gasteiger partial charge in [0.15, 0.2) is 0 Å². The molecular weight excluding hydrogens is 300 g/mol. The van der Waals surface area contributed by atoms with Gasteiger partial charge < -0.3 is 15.0 Å². The Kier molecular flexibility index (Phi) is 3.67. The van der Waals surface area contributed by atoms with Crippen molar-refractivity contribution in [3.63, 3.8) is 0 Å². The average Bonchev–Trinajstić information content (AvgIpc) is 2.78. The smallest absolute Gasteiger partial charge is 0.229 e. The Hall–Kier alpha value is -2.85. The highest BCUT2D eigenvalue weighted by Crippen LogP contribution is 2.41. The van der Waals surface area contributed by atoms with Crippen LogP contribution in [0, 0.1) is 0 Å². The van der Waals surface area contributed by atoms with E-state index in [-0.39, 0.29) is 18.6 Å². The first-order valence-electron chi connectivity index (χ1n) is 7.96. The van der Waals surface area contributed by atoms with E-state index in [0.29, 0.717) is 0 Å². The van der Waals surface area contributed by atoms with E-state index in [0.717, 1.165) is 27.8 Å². The van der Waals surface area contributed by atoms with Crippen LogP contribution in [0.5, 0.6) is 0 Å². The van der Waals surface area contributed by atoms with Crippen LogP contribution < -0.4 is 10.2 Å². The molecule has 0 saturated heterocycles. The summed E-state index contributed by atoms with van der Waals surface area (Å²) in [6.45, 7) is 0. The molecule has 0 aromatic heterocycles. The Labute approximate surface area is 140 Å². The number of fused-ring (bicyclic) bond motifs is 3. The van der Waals surface area contributed by atoms with Crippen LogP contribution in [0.2, 0.25) is 0 Å². The van der Waals surface area contributed by atoms with E-state index >= 15 is 0 Å². The number of carbonyl (C=O) groups excluding carboxylic acids is 1. The third-order valence-corrected chi connectivity index (χ3v) is 4.39. The molecule has 3 aromatic rings. The molecule has 4 nitrogen and oxygen atoms in total. The lowest BCUT2D eigenvalue weighted by Gasteiger charge is -2.31. The van der Waals surface area contributed by atoms with Gasteiger partial charge in [-0.25, -0.2) is 0 Å². The minimum absolute atomic E-state index is 0.0436. The minimum Gasteiger partial charge on any atom is -0.361 e. The molecule has 0 aliphatic carbocycles. The van der Waals surface area contributed by atoms with Gasteiger partial charge in [0.05, 0.1) is 17.8 Å². The van der Waals surface area contributed by atoms with Gasteiger partial charge in [-0.2, -0.15) is 0 Å². The van der Waals surface area contributed by atoms with Gasteiger partial charge in [0.25, 0.3) is 0 Å². The zero-order valence-electron chi connectivity index (χ0n) is 13.4. The maximum Gasteiger partial charge on any atom is 0.229 e. The van der Waals surface area contributed by atoms with Crippen LogP contribution in [0.15, 0.2) is 66.7 Å². The summed E-state index contributed by atoms with van der Waals surface area (Å²) in [5.74, 6) is -0.0436. The number of ether oxygens (including phenoxy) is 1. The van der Waals surface area contributed by atoms with Crippen LogP contribution in [0.1, 0.15) is 6.42 Å². The van der Waals surface area contributed by atoms with Crippen LogP contribution in [-0.4, -0.2) is 19.2 Å². The molecule has 1 aliphatic heterocycles. The largest absolute Gasteiger partial charge is 0.361 e. The number of carbonyl (C=O) groups is 1. The lowest BCUT2D eigenvalue weighted by atomic mass is 10.1. The van der Waals surface area contributed by atoms with Crippen molar-refractivity contribution >= 4 is 33.7 Å². The molecule has 1 N–H and O–H groups in total. The Morgan fingerprint density at radius 1 is 1.00 bits per heavy atom. The molecule has 1 amide bonds. The van der Waals surface area contributed by atoms with Crippen LogP contribution in [-0.2, 0) is 9.53 Å². The van der Waals surface area contributed by atoms with Crippen molar-refractivity contribution in [2.45, 2.75) is 12.6 Å². The van der Waals surface area contributed by atoms with Crippen LogP contribution >= 0.6 is 0 Å². The maximum absolute atomic E-state index is 12.4. The molecule has 1 atom stereocenters. The van der Waals surface area contributed by atoms with Gasteiger partial charge in [-0.3, -0.25) is 4.79 Å². The van der Waals surface area contributed by atoms with Crippen molar-refractivity contribution in [1.29, 1.82) is 0 Å². The maximum atomic E-state index is 12.4. The van der Waals surface area contributed by atoms with E-state index in [4.69, 9.17) is 4.74 Å². The van der Waals surface area contributed by atoms with Gasteiger partial charge in [0.1, 0.15) is 6.23 Å². The Morgan fingerprint density at radius 2 is 1.75 bits per heavy atom. The average molecular weight is 318 g/mol. The summed E-state index contributed by atoms with van der Waals surface area (Å²) in [6.07, 6.45) is -0.0798. The molecular formula is C20H18N2O2. The zero-order valence-corrected chi connectivity index (χ0v) is 13.4. The number of para-hydroxylation sites is 1. The first-order valence-corrected chi connectivity index (χ1v) is 7.96. The van der Waals surface area contributed by atoms with Crippen molar-refractivity contribution in [2.75, 3.05) is 17.3 Å². The van der Waals surface area contributed by atoms with Crippen LogP contribution in [0.25, 0.3) is 10.8 Å². The monoisotopic (exact) mass is 318 g/mol. The van der Waals surface area contributed by atoms with Gasteiger partial charge in [0, 0.05) is 18.2 Å². The molecule has 1 aliphatic rings. The van der Waals surface area contributed by atoms with Gasteiger partial charge in [0.2, 0.25) is 5.91 Å². The summed E-state index contributed by atoms with van der Waals surface area (Å²) in [5.41, 5.74) is 2.77. The number of nitrogens with one attached hydrogen (secondary N) is 1. The first-order chi connectivity index (χ1) is 11.8. The molecule has 0 saturated carbocycles. The van der Waals surface area contributed by atoms with E-state index < -0.39 is 0 Å². The predicted octanol–water partition coefficient (Wildman–Crippen LogP) is 4.29. The third kappa shape index (κ3) is 2.41. The molecule has 0 fully saturated rings. The molecule has 1 heterocycles. The van der Waals surface area contributed by atoms with Gasteiger partial charge in [-0.05, 0) is 23.6 Å². The normalized spacial score (nSPS) is 17.3. The summed E-state index contributed by atoms with van der Waals surface area (Å²) in [7, 11) is 1.64. The summed E-state index contributed by atoms with van der Waals surface area (Å²) in [5, 5.41) is 5.20. The fraction of sp³-hybridized carbons (Fsp3) is 0.150. The van der Waals surface area contributed by atoms with E-state index in [9.17, 15) is 4.79 Å². The molecule has 0 spiro atoms. The van der Waals surface area contributed by atoms with E-state index in [2.05, 4.69) is 16.3 Å². The molecule has 1 unspecified atom stereocenters. The molecule has 24 heavy (non-hydrogen) atoms. The molecule has 4 rings (SSSR count). The number of nitrogens with zero attached hydrogens (tertiary/aromatic N) is 1. The zero-order chi connectivity index (χ0) is 16.5. The van der Waals surface area contributed by atoms with Crippen molar-refractivity contribution in [3.05, 3.63) is 66.7 Å². The Bertz CT molecular complexity index is 893. The summed E-state index contributed by atoms with van der Waals surface area (Å²) in [6, 6.07) is 22.2. The SMILES string of the molecule is COC1CC(=O)Nc2c(ccc3ccccc23)N1c1ccccc1. The third-order valence-electron chi connectivity index (χ3n) is 4.39. The predicted molar refractivity (Wildman–Crippen MR) is 96.6 cm³/mol. The first kappa shape index (κ1) is 14.7. The fourth-order valence-electron chi connectivity index (χ4n) is 3.27. The highest BCUT2D eigenvalue weighted by atomic mass is 16.5. The van der Waals surface area contributed by atoms with Crippen molar-refractivity contribution < 1.29 is 9.53 Å². The molecule has 3 aromatic carbocycles. The van der Waals surface area contributed by atoms with Gasteiger partial charge in [-0.15, -0.1) is 0 Å². The lowest BCUT2D eigenvalue weighted by molar-refractivity contribution is -0.118. The number of rotatable bonds is 2. The van der Waals surface area contributed by atoms with Crippen molar-refractivity contribution in [3.8, 4) is 0 Å². The number of benzene rings is 3. The fourth-order valence-corrected chi connectivity index (χ4v) is 3.27. The highest BCUT2D eigenvalue weighted by molar-refractivity contribution is 6.09. The summed E-state index contributed by atoms with van der Waals surface area (Å²) < 4.78 is 5.64. The molecule has 4 heteroatoms. The van der Waals surface area contributed by atoms with E-state index in [1.807, 2.05) is 60.7 Å². The topological polar surface area (TPSA) is 41.6 Å². The van der Waals surface area contributed by atoms with E-state index in [1.54, 1.807) is 7.11 Å². The Morgan fingerprint density at radius 3 is 2.54 bits per heavy atom. The second-order valence-corrected chi connectivity index (χ2v) is 5.83. The van der Waals surface area contributed by atoms with Crippen LogP contribution in [0.3, 0.4) is 0 Å². The minimum atomic E-state index is -0.352. The molecule has 0 bridgehead atoms. The second kappa shape index (κ2) is 5.98. The van der Waals surface area contributed by atoms with Crippen molar-refractivity contribution in [2.24, 2.45) is 0 Å². The standard InChI is InChI=1S/C20H18N2O2/c1-24-19-13-18(23)21-20-16-10-6-5-7-14(16)11-12-17(20)22(19)15-8-3-2-4-9-15/h2-12,19H,13H2,1H3,(H,21,23). The summed E-state index contributed by atoms with van der Waals surface area (Å²) in [4.78, 5) is 14.5. The molecule has 120 valence electrons. The van der Waals surface area contributed by atoms with Gasteiger partial charge >= 0.3 is 0 Å². The van der Waals surface area contributed by atoms with Gasteiger partial charge in [-0.1, -0.05) is 48.5 Å². The van der Waals surface area contributed by atoms with Crippen LogP contribution in [0.4, 0.5) is 17.1 Å². The van der Waals surface area contributed by atoms with Crippen molar-refractivity contribution in [1.82, 2.24) is 0 Å². The highest BCUT2D eigenvalue weighted by Gasteiger charge is 2.30. The number of amides is 1. The van der Waals surface area contributed by atoms with E-state index in [1.165, 1.54) is 0 Å². The number of hydrogen-bond donors (Lipinski definition) is 1. The second-order valence-electron chi connectivity index (χ2n) is 5.83. The lowest BCUT2D eigenvalue weighted by Crippen LogP contribution is -2.33. The molecule has 0 radical (unpaired) electrons. The Balaban J connectivity index is 1.99.